The summed E-state index contributed by atoms with van der Waals surface area (Å²) in [5.41, 5.74) is 2.22. The number of para-hydroxylation sites is 1. The van der Waals surface area contributed by atoms with Crippen molar-refractivity contribution in [1.82, 2.24) is 0 Å². The molecule has 1 saturated heterocycles. The van der Waals surface area contributed by atoms with Gasteiger partial charge in [-0.25, -0.2) is 0 Å². The molecule has 0 unspecified atom stereocenters. The molecular formula is C38H60O5. The molecule has 0 amide bonds. The van der Waals surface area contributed by atoms with Crippen molar-refractivity contribution in [3.63, 3.8) is 0 Å². The van der Waals surface area contributed by atoms with Crippen LogP contribution in [-0.2, 0) is 32.0 Å². The van der Waals surface area contributed by atoms with E-state index in [1.807, 2.05) is 6.07 Å². The smallest absolute Gasteiger partial charge is 0.123 e. The molecule has 0 spiro atoms. The second kappa shape index (κ2) is 20.9. The van der Waals surface area contributed by atoms with Crippen LogP contribution in [0.2, 0.25) is 0 Å². The molecule has 242 valence electrons. The average Bonchev–Trinajstić information content (AvgIpc) is 3.01. The second-order valence-electron chi connectivity index (χ2n) is 13.4. The third-order valence-electron chi connectivity index (χ3n) is 8.38. The Hall–Kier alpha value is -1.92. The molecule has 43 heavy (non-hydrogen) atoms. The van der Waals surface area contributed by atoms with Gasteiger partial charge < -0.3 is 23.7 Å². The molecule has 3 rings (SSSR count). The van der Waals surface area contributed by atoms with E-state index >= 15 is 0 Å². The summed E-state index contributed by atoms with van der Waals surface area (Å²) in [7, 11) is 0. The lowest BCUT2D eigenvalue weighted by molar-refractivity contribution is -0.0771. The third kappa shape index (κ3) is 15.1. The largest absolute Gasteiger partial charge is 0.489 e. The van der Waals surface area contributed by atoms with Gasteiger partial charge in [-0.05, 0) is 30.0 Å². The predicted molar refractivity (Wildman–Crippen MR) is 177 cm³/mol. The molecule has 0 atom stereocenters. The van der Waals surface area contributed by atoms with Gasteiger partial charge in [-0.2, -0.15) is 0 Å². The van der Waals surface area contributed by atoms with Gasteiger partial charge in [-0.15, -0.1) is 0 Å². The van der Waals surface area contributed by atoms with Crippen LogP contribution in [-0.4, -0.2) is 52.9 Å². The summed E-state index contributed by atoms with van der Waals surface area (Å²) in [6, 6.07) is 18.9. The van der Waals surface area contributed by atoms with Crippen LogP contribution < -0.4 is 4.74 Å². The van der Waals surface area contributed by atoms with Gasteiger partial charge in [0.2, 0.25) is 0 Å². The monoisotopic (exact) mass is 596 g/mol. The maximum Gasteiger partial charge on any atom is 0.123 e. The summed E-state index contributed by atoms with van der Waals surface area (Å²) in [4.78, 5) is 0. The van der Waals surface area contributed by atoms with Gasteiger partial charge in [0.1, 0.15) is 12.4 Å². The summed E-state index contributed by atoms with van der Waals surface area (Å²) in [5, 5.41) is 0. The SMILES string of the molecule is CCCCCCCCCCCCC1(Cc2ccccc2OCc2ccccc2)COCCOCC(C)(C)COCCOC1. The number of unbranched alkanes of at least 4 members (excludes halogenated alkanes) is 9. The van der Waals surface area contributed by atoms with Gasteiger partial charge in [0.25, 0.3) is 0 Å². The van der Waals surface area contributed by atoms with E-state index in [-0.39, 0.29) is 10.8 Å². The lowest BCUT2D eigenvalue weighted by Crippen LogP contribution is -2.37. The predicted octanol–water partition coefficient (Wildman–Crippen LogP) is 9.21. The Morgan fingerprint density at radius 2 is 1.12 bits per heavy atom. The number of hydrogen-bond acceptors (Lipinski definition) is 5. The maximum absolute atomic E-state index is 6.38. The number of hydrogen-bond donors (Lipinski definition) is 0. The van der Waals surface area contributed by atoms with Crippen LogP contribution in [0, 0.1) is 10.8 Å². The highest BCUT2D eigenvalue weighted by Crippen LogP contribution is 2.35. The van der Waals surface area contributed by atoms with Crippen LogP contribution in [0.4, 0.5) is 0 Å². The van der Waals surface area contributed by atoms with E-state index in [9.17, 15) is 0 Å². The summed E-state index contributed by atoms with van der Waals surface area (Å²) in [5.74, 6) is 0.946. The molecule has 0 aromatic heterocycles. The lowest BCUT2D eigenvalue weighted by Gasteiger charge is -2.35. The first-order chi connectivity index (χ1) is 21.0. The molecule has 5 heteroatoms. The number of ether oxygens (including phenoxy) is 5. The summed E-state index contributed by atoms with van der Waals surface area (Å²) < 4.78 is 31.1. The number of benzene rings is 2. The molecule has 0 saturated carbocycles. The molecule has 0 bridgehead atoms. The topological polar surface area (TPSA) is 46.2 Å². The fourth-order valence-electron chi connectivity index (χ4n) is 5.85. The Labute approximate surface area is 263 Å². The first-order valence-electron chi connectivity index (χ1n) is 17.1. The quantitative estimate of drug-likeness (QED) is 0.181. The molecule has 2 aromatic rings. The fourth-order valence-corrected chi connectivity index (χ4v) is 5.85. The minimum Gasteiger partial charge on any atom is -0.489 e. The molecule has 2 aromatic carbocycles. The van der Waals surface area contributed by atoms with Crippen molar-refractivity contribution in [3.05, 3.63) is 65.7 Å². The zero-order valence-electron chi connectivity index (χ0n) is 27.6. The summed E-state index contributed by atoms with van der Waals surface area (Å²) >= 11 is 0. The van der Waals surface area contributed by atoms with E-state index in [0.717, 1.165) is 18.6 Å². The summed E-state index contributed by atoms with van der Waals surface area (Å²) in [6.45, 7) is 12.2. The first-order valence-corrected chi connectivity index (χ1v) is 17.1. The van der Waals surface area contributed by atoms with Crippen molar-refractivity contribution in [3.8, 4) is 5.75 Å². The molecular weight excluding hydrogens is 536 g/mol. The maximum atomic E-state index is 6.38. The van der Waals surface area contributed by atoms with E-state index in [2.05, 4.69) is 69.3 Å². The van der Waals surface area contributed by atoms with Gasteiger partial charge in [0.15, 0.2) is 0 Å². The lowest BCUT2D eigenvalue weighted by atomic mass is 9.78. The van der Waals surface area contributed by atoms with Gasteiger partial charge in [0, 0.05) is 10.8 Å². The molecule has 1 aliphatic heterocycles. The van der Waals surface area contributed by atoms with Crippen molar-refractivity contribution < 1.29 is 23.7 Å². The Morgan fingerprint density at radius 3 is 1.72 bits per heavy atom. The van der Waals surface area contributed by atoms with Crippen molar-refractivity contribution in [1.29, 1.82) is 0 Å². The molecule has 0 N–H and O–H groups in total. The molecule has 1 heterocycles. The van der Waals surface area contributed by atoms with Crippen LogP contribution in [0.15, 0.2) is 54.6 Å². The Balaban J connectivity index is 1.65. The minimum absolute atomic E-state index is 0.0210. The van der Waals surface area contributed by atoms with Crippen molar-refractivity contribution in [2.45, 2.75) is 104 Å². The first kappa shape index (κ1) is 35.6. The van der Waals surface area contributed by atoms with E-state index in [1.54, 1.807) is 0 Å². The molecule has 0 aliphatic carbocycles. The normalized spacial score (nSPS) is 18.1. The standard InChI is InChI=1S/C38H60O5/c1-4-5-6-7-8-9-10-11-12-18-23-38(32-41-26-24-39-30-37(2,3)31-40-25-27-42-33-38)28-35-21-16-17-22-36(35)43-29-34-19-14-13-15-20-34/h13-17,19-22H,4-12,18,23-33H2,1-3H3. The van der Waals surface area contributed by atoms with Crippen LogP contribution in [0.1, 0.15) is 103 Å². The molecule has 0 radical (unpaired) electrons. The van der Waals surface area contributed by atoms with Crippen LogP contribution in [0.25, 0.3) is 0 Å². The third-order valence-corrected chi connectivity index (χ3v) is 8.38. The molecule has 5 nitrogen and oxygen atoms in total. The Morgan fingerprint density at radius 1 is 0.605 bits per heavy atom. The zero-order chi connectivity index (χ0) is 30.5. The Kier molecular flexibility index (Phi) is 17.3. The van der Waals surface area contributed by atoms with E-state index in [0.29, 0.717) is 59.5 Å². The number of rotatable bonds is 16. The van der Waals surface area contributed by atoms with Gasteiger partial charge in [-0.1, -0.05) is 134 Å². The van der Waals surface area contributed by atoms with Crippen LogP contribution in [0.5, 0.6) is 5.75 Å². The second-order valence-corrected chi connectivity index (χ2v) is 13.4. The van der Waals surface area contributed by atoms with Crippen LogP contribution >= 0.6 is 0 Å². The van der Waals surface area contributed by atoms with E-state index in [4.69, 9.17) is 23.7 Å². The fraction of sp³-hybridized carbons (Fsp3) is 0.684. The van der Waals surface area contributed by atoms with Crippen molar-refractivity contribution in [2.24, 2.45) is 10.8 Å². The highest BCUT2D eigenvalue weighted by Gasteiger charge is 2.32. The van der Waals surface area contributed by atoms with E-state index < -0.39 is 0 Å². The molecule has 1 fully saturated rings. The highest BCUT2D eigenvalue weighted by molar-refractivity contribution is 5.34. The highest BCUT2D eigenvalue weighted by atomic mass is 16.5. The Bertz CT molecular complexity index is 942. The van der Waals surface area contributed by atoms with Crippen LogP contribution in [0.3, 0.4) is 0 Å². The van der Waals surface area contributed by atoms with Gasteiger partial charge in [0.05, 0.1) is 52.9 Å². The molecule has 1 aliphatic rings. The summed E-state index contributed by atoms with van der Waals surface area (Å²) in [6.07, 6.45) is 15.2. The van der Waals surface area contributed by atoms with Gasteiger partial charge >= 0.3 is 0 Å². The minimum atomic E-state index is -0.143. The average molecular weight is 597 g/mol. The van der Waals surface area contributed by atoms with E-state index in [1.165, 1.54) is 75.3 Å². The van der Waals surface area contributed by atoms with Gasteiger partial charge in [-0.3, -0.25) is 0 Å². The van der Waals surface area contributed by atoms with Crippen molar-refractivity contribution in [2.75, 3.05) is 52.9 Å². The van der Waals surface area contributed by atoms with Crippen molar-refractivity contribution >= 4 is 0 Å². The zero-order valence-corrected chi connectivity index (χ0v) is 27.6.